The summed E-state index contributed by atoms with van der Waals surface area (Å²) in [5, 5.41) is 20.5. The molecule has 0 radical (unpaired) electrons. The molecule has 2 N–H and O–H groups in total. The summed E-state index contributed by atoms with van der Waals surface area (Å²) in [6.07, 6.45) is 1.96. The second-order valence-corrected chi connectivity index (χ2v) is 6.76. The smallest absolute Gasteiger partial charge is 0.120 e. The number of nitriles is 1. The minimum absolute atomic E-state index is 0.0675. The average Bonchev–Trinajstić information content (AvgIpc) is 2.99. The number of aliphatic hydroxyl groups is 1. The molecule has 0 spiro atoms. The van der Waals surface area contributed by atoms with E-state index in [9.17, 15) is 5.11 Å². The van der Waals surface area contributed by atoms with E-state index in [1.807, 2.05) is 18.2 Å². The van der Waals surface area contributed by atoms with Crippen LogP contribution in [0, 0.1) is 11.3 Å². The van der Waals surface area contributed by atoms with Crippen LogP contribution in [0.2, 0.25) is 10.0 Å². The van der Waals surface area contributed by atoms with Crippen LogP contribution >= 0.6 is 23.2 Å². The average molecular weight is 389 g/mol. The van der Waals surface area contributed by atoms with Crippen molar-refractivity contribution >= 4 is 34.1 Å². The third-order valence-corrected chi connectivity index (χ3v) is 4.99. The summed E-state index contributed by atoms with van der Waals surface area (Å²) in [6, 6.07) is 13.2. The molecule has 26 heavy (non-hydrogen) atoms. The van der Waals surface area contributed by atoms with Gasteiger partial charge in [0, 0.05) is 38.6 Å². The molecule has 1 aromatic heterocycles. The highest BCUT2D eigenvalue weighted by Crippen LogP contribution is 2.30. The Balaban J connectivity index is 1.86. The van der Waals surface area contributed by atoms with Crippen LogP contribution in [0.15, 0.2) is 36.4 Å². The van der Waals surface area contributed by atoms with Gasteiger partial charge in [-0.3, -0.25) is 0 Å². The molecule has 0 amide bonds. The normalized spacial score (nSPS) is 10.8. The van der Waals surface area contributed by atoms with E-state index >= 15 is 0 Å². The number of unbranched alkanes of at least 4 members (excludes halogenated alkanes) is 1. The van der Waals surface area contributed by atoms with Gasteiger partial charge in [0.15, 0.2) is 0 Å². The largest absolute Gasteiger partial charge is 0.489 e. The zero-order valence-electron chi connectivity index (χ0n) is 14.1. The first kappa shape index (κ1) is 18.6. The highest BCUT2D eigenvalue weighted by molar-refractivity contribution is 6.35. The molecule has 0 saturated carbocycles. The molecule has 134 valence electrons. The van der Waals surface area contributed by atoms with Crippen LogP contribution < -0.4 is 4.74 Å². The molecule has 0 atom stereocenters. The topological polar surface area (TPSA) is 69.0 Å². The molecular weight excluding hydrogens is 371 g/mol. The second kappa shape index (κ2) is 8.46. The summed E-state index contributed by atoms with van der Waals surface area (Å²) >= 11 is 12.4. The maximum Gasteiger partial charge on any atom is 0.120 e. The van der Waals surface area contributed by atoms with Crippen molar-refractivity contribution in [2.75, 3.05) is 0 Å². The number of H-pyrrole nitrogens is 1. The van der Waals surface area contributed by atoms with Gasteiger partial charge < -0.3 is 14.8 Å². The summed E-state index contributed by atoms with van der Waals surface area (Å²) in [5.74, 6) is 0.693. The second-order valence-electron chi connectivity index (χ2n) is 5.95. The van der Waals surface area contributed by atoms with Crippen LogP contribution in [0.4, 0.5) is 0 Å². The Morgan fingerprint density at radius 1 is 1.12 bits per heavy atom. The number of ether oxygens (including phenoxy) is 1. The van der Waals surface area contributed by atoms with Gasteiger partial charge in [-0.15, -0.1) is 0 Å². The number of benzene rings is 2. The van der Waals surface area contributed by atoms with E-state index in [-0.39, 0.29) is 13.2 Å². The number of nitrogens with one attached hydrogen (secondary N) is 1. The van der Waals surface area contributed by atoms with Crippen molar-refractivity contribution in [2.24, 2.45) is 0 Å². The van der Waals surface area contributed by atoms with Crippen LogP contribution in [0.5, 0.6) is 5.75 Å². The number of rotatable bonds is 7. The molecule has 1 heterocycles. The van der Waals surface area contributed by atoms with Crippen molar-refractivity contribution in [3.63, 3.8) is 0 Å². The molecule has 3 aromatic rings. The van der Waals surface area contributed by atoms with Crippen molar-refractivity contribution in [1.29, 1.82) is 5.26 Å². The van der Waals surface area contributed by atoms with Crippen molar-refractivity contribution < 1.29 is 9.84 Å². The van der Waals surface area contributed by atoms with E-state index < -0.39 is 0 Å². The number of aromatic nitrogens is 1. The van der Waals surface area contributed by atoms with Crippen LogP contribution in [0.3, 0.4) is 0 Å². The zero-order valence-corrected chi connectivity index (χ0v) is 15.6. The number of hydrogen-bond acceptors (Lipinski definition) is 3. The van der Waals surface area contributed by atoms with Gasteiger partial charge in [0.1, 0.15) is 12.4 Å². The van der Waals surface area contributed by atoms with Gasteiger partial charge in [0.05, 0.1) is 12.7 Å². The Morgan fingerprint density at radius 3 is 2.58 bits per heavy atom. The van der Waals surface area contributed by atoms with Crippen LogP contribution in [0.25, 0.3) is 10.9 Å². The molecule has 0 aliphatic rings. The minimum Gasteiger partial charge on any atom is -0.489 e. The Morgan fingerprint density at radius 2 is 1.88 bits per heavy atom. The summed E-state index contributed by atoms with van der Waals surface area (Å²) in [7, 11) is 0. The van der Waals surface area contributed by atoms with Crippen molar-refractivity contribution in [3.05, 3.63) is 63.3 Å². The van der Waals surface area contributed by atoms with E-state index in [4.69, 9.17) is 33.2 Å². The number of aryl methyl sites for hydroxylation is 1. The standard InChI is InChI=1S/C20H18Cl2N2O2/c21-17-5-3-6-18(22)16(17)12-26-13-7-8-19-15(10-13)14(4-1-2-9-23)20(11-25)24-19/h3,5-8,10,24-25H,1-2,4,11-12H2. The first-order valence-electron chi connectivity index (χ1n) is 8.31. The van der Waals surface area contributed by atoms with E-state index in [1.165, 1.54) is 0 Å². The lowest BCUT2D eigenvalue weighted by molar-refractivity contribution is 0.276. The summed E-state index contributed by atoms with van der Waals surface area (Å²) in [6.45, 7) is 0.201. The van der Waals surface area contributed by atoms with Crippen molar-refractivity contribution in [3.8, 4) is 11.8 Å². The predicted molar refractivity (Wildman–Crippen MR) is 104 cm³/mol. The predicted octanol–water partition coefficient (Wildman–Crippen LogP) is 5.39. The highest BCUT2D eigenvalue weighted by Gasteiger charge is 2.12. The van der Waals surface area contributed by atoms with E-state index in [0.717, 1.165) is 40.6 Å². The van der Waals surface area contributed by atoms with Gasteiger partial charge in [-0.1, -0.05) is 29.3 Å². The Labute approximate surface area is 161 Å². The van der Waals surface area contributed by atoms with Crippen molar-refractivity contribution in [2.45, 2.75) is 32.5 Å². The summed E-state index contributed by atoms with van der Waals surface area (Å²) in [5.41, 5.74) is 3.49. The molecule has 6 heteroatoms. The third-order valence-electron chi connectivity index (χ3n) is 4.28. The molecule has 0 bridgehead atoms. The van der Waals surface area contributed by atoms with E-state index in [0.29, 0.717) is 22.2 Å². The van der Waals surface area contributed by atoms with Gasteiger partial charge >= 0.3 is 0 Å². The molecule has 0 aliphatic heterocycles. The van der Waals surface area contributed by atoms with Gasteiger partial charge in [0.25, 0.3) is 0 Å². The molecule has 0 unspecified atom stereocenters. The van der Waals surface area contributed by atoms with Crippen molar-refractivity contribution in [1.82, 2.24) is 4.98 Å². The van der Waals surface area contributed by atoms with Crippen LogP contribution in [-0.2, 0) is 19.6 Å². The molecular formula is C20H18Cl2N2O2. The first-order valence-corrected chi connectivity index (χ1v) is 9.06. The first-order chi connectivity index (χ1) is 12.6. The lowest BCUT2D eigenvalue weighted by Crippen LogP contribution is -1.97. The quantitative estimate of drug-likeness (QED) is 0.532. The molecule has 2 aromatic carbocycles. The van der Waals surface area contributed by atoms with Crippen LogP contribution in [0.1, 0.15) is 29.7 Å². The number of fused-ring (bicyclic) bond motifs is 1. The Bertz CT molecular complexity index is 940. The SMILES string of the molecule is N#CCCCc1c(CO)[nH]c2ccc(OCc3c(Cl)cccc3Cl)cc12. The van der Waals surface area contributed by atoms with Gasteiger partial charge in [-0.25, -0.2) is 0 Å². The molecule has 0 saturated heterocycles. The van der Waals surface area contributed by atoms with E-state index in [2.05, 4.69) is 11.1 Å². The molecule has 4 nitrogen and oxygen atoms in total. The number of aromatic amines is 1. The Kier molecular flexibility index (Phi) is 6.05. The molecule has 0 aliphatic carbocycles. The Hall–Kier alpha value is -2.19. The fourth-order valence-corrected chi connectivity index (χ4v) is 3.47. The maximum absolute atomic E-state index is 9.60. The lowest BCUT2D eigenvalue weighted by Gasteiger charge is -2.10. The maximum atomic E-state index is 9.60. The van der Waals surface area contributed by atoms with E-state index in [1.54, 1.807) is 18.2 Å². The third kappa shape index (κ3) is 3.96. The lowest BCUT2D eigenvalue weighted by atomic mass is 10.0. The number of hydrogen-bond donors (Lipinski definition) is 2. The number of nitrogens with zero attached hydrogens (tertiary/aromatic N) is 1. The van der Waals surface area contributed by atoms with Crippen LogP contribution in [-0.4, -0.2) is 10.1 Å². The molecule has 0 fully saturated rings. The highest BCUT2D eigenvalue weighted by atomic mass is 35.5. The molecule has 3 rings (SSSR count). The fraction of sp³-hybridized carbons (Fsp3) is 0.250. The van der Waals surface area contributed by atoms with Gasteiger partial charge in [0.2, 0.25) is 0 Å². The summed E-state index contributed by atoms with van der Waals surface area (Å²) < 4.78 is 5.89. The monoisotopic (exact) mass is 388 g/mol. The van der Waals surface area contributed by atoms with Gasteiger partial charge in [-0.2, -0.15) is 5.26 Å². The fourth-order valence-electron chi connectivity index (χ4n) is 2.96. The summed E-state index contributed by atoms with van der Waals surface area (Å²) in [4.78, 5) is 3.23. The van der Waals surface area contributed by atoms with Gasteiger partial charge in [-0.05, 0) is 48.7 Å². The number of halogens is 2. The number of aliphatic hydroxyl groups excluding tert-OH is 1. The zero-order chi connectivity index (χ0) is 18.5. The minimum atomic E-state index is -0.0675.